The molecule has 1 atom stereocenters. The van der Waals surface area contributed by atoms with Crippen LogP contribution in [-0.4, -0.2) is 38.8 Å². The Balaban J connectivity index is 1.62. The van der Waals surface area contributed by atoms with Gasteiger partial charge in [-0.1, -0.05) is 19.1 Å². The Morgan fingerprint density at radius 3 is 2.62 bits per heavy atom. The van der Waals surface area contributed by atoms with Crippen LogP contribution in [0, 0.1) is 5.41 Å². The average molecular weight is 394 g/mol. The van der Waals surface area contributed by atoms with Crippen molar-refractivity contribution < 1.29 is 14.6 Å². The fourth-order valence-corrected chi connectivity index (χ4v) is 3.41. The third-order valence-corrected chi connectivity index (χ3v) is 5.17. The summed E-state index contributed by atoms with van der Waals surface area (Å²) in [6.45, 7) is 5.80. The van der Waals surface area contributed by atoms with E-state index in [1.165, 1.54) is 6.07 Å². The maximum Gasteiger partial charge on any atom is 0.335 e. The van der Waals surface area contributed by atoms with E-state index in [9.17, 15) is 9.59 Å². The first-order valence-corrected chi connectivity index (χ1v) is 9.39. The van der Waals surface area contributed by atoms with Crippen LogP contribution in [-0.2, 0) is 11.3 Å². The van der Waals surface area contributed by atoms with E-state index < -0.39 is 5.97 Å². The van der Waals surface area contributed by atoms with Crippen molar-refractivity contribution >= 4 is 23.0 Å². The van der Waals surface area contributed by atoms with E-state index in [4.69, 9.17) is 9.84 Å². The minimum atomic E-state index is -0.960. The number of hydrogen-bond donors (Lipinski definition) is 2. The van der Waals surface area contributed by atoms with Gasteiger partial charge in [-0.15, -0.1) is 0 Å². The largest absolute Gasteiger partial charge is 0.478 e. The first kappa shape index (κ1) is 19.1. The van der Waals surface area contributed by atoms with Crippen LogP contribution in [0.2, 0.25) is 0 Å². The van der Waals surface area contributed by atoms with Gasteiger partial charge in [0.25, 0.3) is 5.56 Å². The predicted molar refractivity (Wildman–Crippen MR) is 108 cm³/mol. The van der Waals surface area contributed by atoms with Crippen LogP contribution >= 0.6 is 0 Å². The number of carboxylic acids is 1. The lowest BCUT2D eigenvalue weighted by Gasteiger charge is -2.38. The minimum Gasteiger partial charge on any atom is -0.478 e. The summed E-state index contributed by atoms with van der Waals surface area (Å²) in [5.41, 5.74) is 1.54. The Labute approximate surface area is 167 Å². The normalized spacial score (nSPS) is 16.2. The number of benzene rings is 1. The molecular formula is C21H22N4O4. The Bertz CT molecular complexity index is 1120. The Kier molecular flexibility index (Phi) is 4.79. The lowest BCUT2D eigenvalue weighted by molar-refractivity contribution is -0.110. The van der Waals surface area contributed by atoms with Crippen LogP contribution in [0.4, 0.5) is 5.95 Å². The molecule has 0 unspecified atom stereocenters. The van der Waals surface area contributed by atoms with Gasteiger partial charge < -0.3 is 15.2 Å². The molecule has 4 rings (SSSR count). The zero-order valence-corrected chi connectivity index (χ0v) is 16.3. The van der Waals surface area contributed by atoms with Gasteiger partial charge in [0.15, 0.2) is 0 Å². The van der Waals surface area contributed by atoms with Crippen molar-refractivity contribution in [1.29, 1.82) is 0 Å². The summed E-state index contributed by atoms with van der Waals surface area (Å²) in [6.07, 6.45) is 1.69. The summed E-state index contributed by atoms with van der Waals surface area (Å²) >= 11 is 0. The number of nitrogens with zero attached hydrogens (tertiary/aromatic N) is 3. The van der Waals surface area contributed by atoms with E-state index in [1.807, 2.05) is 6.92 Å². The topological polar surface area (TPSA) is 106 Å². The average Bonchev–Trinajstić information content (AvgIpc) is 2.69. The van der Waals surface area contributed by atoms with Crippen molar-refractivity contribution in [3.8, 4) is 0 Å². The summed E-state index contributed by atoms with van der Waals surface area (Å²) in [7, 11) is 0. The van der Waals surface area contributed by atoms with Gasteiger partial charge in [0, 0.05) is 29.6 Å². The Morgan fingerprint density at radius 2 is 2.00 bits per heavy atom. The lowest BCUT2D eigenvalue weighted by Crippen LogP contribution is -2.45. The highest BCUT2D eigenvalue weighted by molar-refractivity contribution is 5.87. The SMILES string of the molecule is C[C@H](Nc1ncc2ccc(=O)n(CC3(C)COC3)c2n1)c1ccc(C(=O)O)cc1. The third-order valence-electron chi connectivity index (χ3n) is 5.17. The van der Waals surface area contributed by atoms with Crippen molar-refractivity contribution in [2.75, 3.05) is 18.5 Å². The van der Waals surface area contributed by atoms with E-state index in [-0.39, 0.29) is 22.6 Å². The monoisotopic (exact) mass is 394 g/mol. The molecule has 0 bridgehead atoms. The van der Waals surface area contributed by atoms with Gasteiger partial charge in [-0.05, 0) is 30.7 Å². The zero-order valence-electron chi connectivity index (χ0n) is 16.3. The van der Waals surface area contributed by atoms with Crippen molar-refractivity contribution in [3.63, 3.8) is 0 Å². The van der Waals surface area contributed by atoms with Gasteiger partial charge in [0.05, 0.1) is 24.8 Å². The number of fused-ring (bicyclic) bond motifs is 1. The lowest BCUT2D eigenvalue weighted by atomic mass is 9.88. The molecule has 3 aromatic rings. The minimum absolute atomic E-state index is 0.0736. The molecule has 0 spiro atoms. The molecule has 150 valence electrons. The van der Waals surface area contributed by atoms with Crippen molar-refractivity contribution in [2.24, 2.45) is 5.41 Å². The first-order valence-electron chi connectivity index (χ1n) is 9.39. The second-order valence-corrected chi connectivity index (χ2v) is 7.83. The number of hydrogen-bond acceptors (Lipinski definition) is 6. The number of aromatic nitrogens is 3. The molecule has 2 aromatic heterocycles. The van der Waals surface area contributed by atoms with Gasteiger partial charge in [-0.3, -0.25) is 9.36 Å². The second kappa shape index (κ2) is 7.29. The second-order valence-electron chi connectivity index (χ2n) is 7.83. The van der Waals surface area contributed by atoms with Gasteiger partial charge in [-0.25, -0.2) is 9.78 Å². The first-order chi connectivity index (χ1) is 13.8. The maximum absolute atomic E-state index is 12.5. The summed E-state index contributed by atoms with van der Waals surface area (Å²) in [6, 6.07) is 9.77. The molecule has 1 aliphatic heterocycles. The van der Waals surface area contributed by atoms with Crippen LogP contribution in [0.15, 0.2) is 47.4 Å². The van der Waals surface area contributed by atoms with Crippen LogP contribution in [0.25, 0.3) is 11.0 Å². The van der Waals surface area contributed by atoms with E-state index in [0.717, 1.165) is 10.9 Å². The molecule has 1 aliphatic rings. The molecule has 1 aromatic carbocycles. The maximum atomic E-state index is 12.5. The van der Waals surface area contributed by atoms with Crippen LogP contribution in [0.5, 0.6) is 0 Å². The summed E-state index contributed by atoms with van der Waals surface area (Å²) in [4.78, 5) is 32.5. The highest BCUT2D eigenvalue weighted by Crippen LogP contribution is 2.29. The standard InChI is InChI=1S/C21H22N4O4/c1-13(14-3-5-15(6-4-14)19(27)28)23-20-22-9-16-7-8-17(26)25(18(16)24-20)10-21(2)11-29-12-21/h3-9,13H,10-12H2,1-2H3,(H,27,28)(H,22,23,24)/t13-/m0/s1. The summed E-state index contributed by atoms with van der Waals surface area (Å²) < 4.78 is 6.99. The molecule has 3 heterocycles. The smallest absolute Gasteiger partial charge is 0.335 e. The number of nitrogens with one attached hydrogen (secondary N) is 1. The van der Waals surface area contributed by atoms with E-state index in [0.29, 0.717) is 31.4 Å². The summed E-state index contributed by atoms with van der Waals surface area (Å²) in [5.74, 6) is -0.555. The van der Waals surface area contributed by atoms with Crippen molar-refractivity contribution in [3.05, 3.63) is 64.1 Å². The van der Waals surface area contributed by atoms with Crippen LogP contribution in [0.3, 0.4) is 0 Å². The highest BCUT2D eigenvalue weighted by atomic mass is 16.5. The molecule has 0 aliphatic carbocycles. The van der Waals surface area contributed by atoms with Crippen molar-refractivity contribution in [1.82, 2.24) is 14.5 Å². The molecular weight excluding hydrogens is 372 g/mol. The third kappa shape index (κ3) is 3.84. The number of aromatic carboxylic acids is 1. The van der Waals surface area contributed by atoms with Gasteiger partial charge in [0.1, 0.15) is 5.65 Å². The Hall–Kier alpha value is -3.26. The molecule has 2 N–H and O–H groups in total. The predicted octanol–water partition coefficient (Wildman–Crippen LogP) is 2.70. The molecule has 29 heavy (non-hydrogen) atoms. The van der Waals surface area contributed by atoms with E-state index in [1.54, 1.807) is 41.1 Å². The Morgan fingerprint density at radius 1 is 1.28 bits per heavy atom. The summed E-state index contributed by atoms with van der Waals surface area (Å²) in [5, 5.41) is 13.0. The number of pyridine rings is 1. The number of anilines is 1. The van der Waals surface area contributed by atoms with Gasteiger partial charge in [-0.2, -0.15) is 4.98 Å². The molecule has 0 amide bonds. The van der Waals surface area contributed by atoms with Gasteiger partial charge in [0.2, 0.25) is 5.95 Å². The molecule has 1 fully saturated rings. The molecule has 8 heteroatoms. The fourth-order valence-electron chi connectivity index (χ4n) is 3.41. The quantitative estimate of drug-likeness (QED) is 0.662. The molecule has 0 saturated carbocycles. The molecule has 1 saturated heterocycles. The zero-order chi connectivity index (χ0) is 20.6. The van der Waals surface area contributed by atoms with Crippen LogP contribution in [0.1, 0.15) is 35.8 Å². The number of rotatable bonds is 6. The van der Waals surface area contributed by atoms with Crippen LogP contribution < -0.4 is 10.9 Å². The highest BCUT2D eigenvalue weighted by Gasteiger charge is 2.34. The fraction of sp³-hybridized carbons (Fsp3) is 0.333. The van der Waals surface area contributed by atoms with Gasteiger partial charge >= 0.3 is 5.97 Å². The van der Waals surface area contributed by atoms with E-state index in [2.05, 4.69) is 22.2 Å². The number of ether oxygens (including phenoxy) is 1. The van der Waals surface area contributed by atoms with Crippen molar-refractivity contribution in [2.45, 2.75) is 26.4 Å². The molecule has 8 nitrogen and oxygen atoms in total. The number of carboxylic acid groups (broad SMARTS) is 1. The molecule has 0 radical (unpaired) electrons. The number of carbonyl (C=O) groups is 1. The van der Waals surface area contributed by atoms with E-state index >= 15 is 0 Å².